The Labute approximate surface area is 234 Å². The second-order valence-corrected chi connectivity index (χ2v) is 11.9. The summed E-state index contributed by atoms with van der Waals surface area (Å²) in [6.45, 7) is 3.45. The van der Waals surface area contributed by atoms with E-state index in [2.05, 4.69) is 15.6 Å². The Bertz CT molecular complexity index is 1500. The maximum atomic E-state index is 15.6. The third-order valence-corrected chi connectivity index (χ3v) is 9.03. The van der Waals surface area contributed by atoms with E-state index >= 15 is 4.39 Å². The molecule has 6 rings (SSSR count). The van der Waals surface area contributed by atoms with Gasteiger partial charge in [0, 0.05) is 18.9 Å². The predicted molar refractivity (Wildman–Crippen MR) is 151 cm³/mol. The van der Waals surface area contributed by atoms with E-state index in [4.69, 9.17) is 9.97 Å². The lowest BCUT2D eigenvalue weighted by molar-refractivity contribution is 0.00446. The molecule has 8 nitrogen and oxygen atoms in total. The van der Waals surface area contributed by atoms with Gasteiger partial charge in [-0.15, -0.1) is 11.3 Å². The molecule has 0 bridgehead atoms. The third-order valence-electron chi connectivity index (χ3n) is 7.97. The van der Waals surface area contributed by atoms with E-state index < -0.39 is 42.0 Å². The average Bonchev–Trinajstić information content (AvgIpc) is 3.23. The summed E-state index contributed by atoms with van der Waals surface area (Å²) in [5, 5.41) is 37.7. The van der Waals surface area contributed by atoms with E-state index in [1.807, 2.05) is 43.3 Å². The number of hydrogen-bond acceptors (Lipinski definition) is 9. The topological polar surface area (TPSA) is 123 Å². The smallest absolute Gasteiger partial charge is 0.225 e. The minimum atomic E-state index is -2.09. The first kappa shape index (κ1) is 26.9. The van der Waals surface area contributed by atoms with Crippen molar-refractivity contribution in [3.05, 3.63) is 65.4 Å². The number of hydrogen-bond donors (Lipinski definition) is 5. The highest BCUT2D eigenvalue weighted by molar-refractivity contribution is 7.21. The van der Waals surface area contributed by atoms with Gasteiger partial charge in [0.15, 0.2) is 5.67 Å². The van der Waals surface area contributed by atoms with Crippen molar-refractivity contribution in [3.63, 3.8) is 0 Å². The lowest BCUT2D eigenvalue weighted by atomic mass is 9.99. The number of nitrogens with one attached hydrogen (secondary N) is 2. The van der Waals surface area contributed by atoms with Gasteiger partial charge in [0.1, 0.15) is 23.1 Å². The van der Waals surface area contributed by atoms with Crippen molar-refractivity contribution in [2.75, 3.05) is 17.2 Å². The van der Waals surface area contributed by atoms with Gasteiger partial charge in [0.2, 0.25) is 5.95 Å². The van der Waals surface area contributed by atoms with Crippen LogP contribution in [0.3, 0.4) is 0 Å². The third kappa shape index (κ3) is 4.81. The number of para-hydroxylation sites is 1. The van der Waals surface area contributed by atoms with Gasteiger partial charge in [0.05, 0.1) is 39.7 Å². The Kier molecular flexibility index (Phi) is 6.94. The Morgan fingerprint density at radius 2 is 1.77 bits per heavy atom. The molecule has 7 atom stereocenters. The fourth-order valence-corrected chi connectivity index (χ4v) is 6.55. The standard InChI is InChI=1S/C29H31F2N5O3S/c1-14-7-9-16(10-8-14)25(29(31)12-21(29)30)35-28-32-15(2)22(27-34-18-5-3-4-6-20(18)40-27)26(36-28)33-19-11-17(13-37)23(38)24(19)39/h3-10,17,19,21,23-25,37-39H,11-13H2,1-2H3,(H2,32,33,35,36). The zero-order chi connectivity index (χ0) is 28.2. The van der Waals surface area contributed by atoms with Crippen LogP contribution in [0.15, 0.2) is 48.5 Å². The molecule has 7 unspecified atom stereocenters. The zero-order valence-electron chi connectivity index (χ0n) is 22.1. The molecule has 0 radical (unpaired) electrons. The number of thiazole rings is 1. The molecule has 0 spiro atoms. The van der Waals surface area contributed by atoms with Gasteiger partial charge in [-0.2, -0.15) is 4.98 Å². The van der Waals surface area contributed by atoms with Crippen LogP contribution in [-0.4, -0.2) is 67.0 Å². The fraction of sp³-hybridized carbons (Fsp3) is 0.414. The molecule has 2 fully saturated rings. The Morgan fingerprint density at radius 3 is 2.42 bits per heavy atom. The summed E-state index contributed by atoms with van der Waals surface area (Å²) in [5.41, 5.74) is 1.46. The maximum Gasteiger partial charge on any atom is 0.225 e. The number of anilines is 2. The van der Waals surface area contributed by atoms with Crippen molar-refractivity contribution in [1.82, 2.24) is 15.0 Å². The molecule has 2 aliphatic carbocycles. The summed E-state index contributed by atoms with van der Waals surface area (Å²) >= 11 is 1.46. The Hall–Kier alpha value is -3.25. The quantitative estimate of drug-likeness (QED) is 0.211. The van der Waals surface area contributed by atoms with Crippen molar-refractivity contribution in [1.29, 1.82) is 0 Å². The highest BCUT2D eigenvalue weighted by Crippen LogP contribution is 2.53. The minimum absolute atomic E-state index is 0.0957. The Balaban J connectivity index is 1.41. The van der Waals surface area contributed by atoms with Crippen molar-refractivity contribution in [2.45, 2.75) is 62.8 Å². The molecule has 2 heterocycles. The van der Waals surface area contributed by atoms with Crippen LogP contribution in [0.4, 0.5) is 20.5 Å². The summed E-state index contributed by atoms with van der Waals surface area (Å²) in [7, 11) is 0. The first-order chi connectivity index (χ1) is 19.2. The highest BCUT2D eigenvalue weighted by Gasteiger charge is 2.62. The van der Waals surface area contributed by atoms with Crippen LogP contribution in [0.5, 0.6) is 0 Å². The molecule has 2 aliphatic rings. The summed E-state index contributed by atoms with van der Waals surface area (Å²) < 4.78 is 30.9. The Morgan fingerprint density at radius 1 is 1.05 bits per heavy atom. The van der Waals surface area contributed by atoms with Crippen LogP contribution in [0, 0.1) is 19.8 Å². The van der Waals surface area contributed by atoms with Crippen LogP contribution < -0.4 is 10.6 Å². The number of rotatable bonds is 8. The SMILES string of the molecule is Cc1ccc(C(Nc2nc(C)c(-c3nc4ccccc4s3)c(NC3CC(CO)C(O)C3O)n2)C2(F)CC2F)cc1. The van der Waals surface area contributed by atoms with Crippen molar-refractivity contribution < 1.29 is 24.1 Å². The number of alkyl halides is 2. The van der Waals surface area contributed by atoms with E-state index in [1.54, 1.807) is 19.1 Å². The van der Waals surface area contributed by atoms with Gasteiger partial charge in [-0.1, -0.05) is 42.0 Å². The van der Waals surface area contributed by atoms with Gasteiger partial charge >= 0.3 is 0 Å². The van der Waals surface area contributed by atoms with Gasteiger partial charge in [-0.3, -0.25) is 0 Å². The monoisotopic (exact) mass is 567 g/mol. The van der Waals surface area contributed by atoms with E-state index in [0.29, 0.717) is 34.1 Å². The molecule has 2 aromatic carbocycles. The second kappa shape index (κ2) is 10.3. The lowest BCUT2D eigenvalue weighted by Crippen LogP contribution is -2.36. The summed E-state index contributed by atoms with van der Waals surface area (Å²) in [5.74, 6) is -0.0574. The van der Waals surface area contributed by atoms with E-state index in [0.717, 1.165) is 15.8 Å². The molecule has 4 aromatic rings. The van der Waals surface area contributed by atoms with Crippen LogP contribution in [0.1, 0.15) is 35.7 Å². The highest BCUT2D eigenvalue weighted by atomic mass is 32.1. The molecule has 11 heteroatoms. The van der Waals surface area contributed by atoms with Crippen molar-refractivity contribution in [3.8, 4) is 10.6 Å². The van der Waals surface area contributed by atoms with Crippen LogP contribution >= 0.6 is 11.3 Å². The predicted octanol–water partition coefficient (Wildman–Crippen LogP) is 4.49. The van der Waals surface area contributed by atoms with E-state index in [1.165, 1.54) is 11.3 Å². The van der Waals surface area contributed by atoms with Crippen LogP contribution in [0.25, 0.3) is 20.8 Å². The van der Waals surface area contributed by atoms with Crippen LogP contribution in [0.2, 0.25) is 0 Å². The number of aliphatic hydroxyl groups excluding tert-OH is 3. The minimum Gasteiger partial charge on any atom is -0.396 e. The van der Waals surface area contributed by atoms with Gasteiger partial charge in [0.25, 0.3) is 0 Å². The average molecular weight is 568 g/mol. The first-order valence-corrected chi connectivity index (χ1v) is 14.1. The summed E-state index contributed by atoms with van der Waals surface area (Å²) in [6, 6.07) is 13.3. The summed E-state index contributed by atoms with van der Waals surface area (Å²) in [4.78, 5) is 14.1. The number of halogens is 2. The lowest BCUT2D eigenvalue weighted by Gasteiger charge is -2.25. The first-order valence-electron chi connectivity index (χ1n) is 13.3. The normalized spacial score (nSPS) is 28.5. The maximum absolute atomic E-state index is 15.6. The number of fused-ring (bicyclic) bond motifs is 1. The van der Waals surface area contributed by atoms with E-state index in [-0.39, 0.29) is 19.0 Å². The summed E-state index contributed by atoms with van der Waals surface area (Å²) in [6.07, 6.45) is -3.74. The molecule has 2 saturated carbocycles. The molecule has 5 N–H and O–H groups in total. The van der Waals surface area contributed by atoms with E-state index in [9.17, 15) is 19.7 Å². The van der Waals surface area contributed by atoms with Crippen molar-refractivity contribution in [2.24, 2.45) is 5.92 Å². The molecule has 2 aromatic heterocycles. The number of aromatic nitrogens is 3. The largest absolute Gasteiger partial charge is 0.396 e. The number of aryl methyl sites for hydroxylation is 2. The number of benzene rings is 2. The van der Waals surface area contributed by atoms with Crippen molar-refractivity contribution >= 4 is 33.3 Å². The molecule has 0 saturated heterocycles. The zero-order valence-corrected chi connectivity index (χ0v) is 22.9. The number of aliphatic hydroxyl groups is 3. The fourth-order valence-electron chi connectivity index (χ4n) is 5.48. The number of nitrogens with zero attached hydrogens (tertiary/aromatic N) is 3. The van der Waals surface area contributed by atoms with Crippen LogP contribution in [-0.2, 0) is 0 Å². The molecule has 0 aliphatic heterocycles. The molecular weight excluding hydrogens is 536 g/mol. The molecular formula is C29H31F2N5O3S. The molecule has 40 heavy (non-hydrogen) atoms. The van der Waals surface area contributed by atoms with Gasteiger partial charge < -0.3 is 26.0 Å². The molecule has 210 valence electrons. The van der Waals surface area contributed by atoms with Gasteiger partial charge in [-0.05, 0) is 38.0 Å². The van der Waals surface area contributed by atoms with Gasteiger partial charge in [-0.25, -0.2) is 18.7 Å². The molecule has 0 amide bonds. The second-order valence-electron chi connectivity index (χ2n) is 10.8.